The molecule has 0 aliphatic carbocycles. The van der Waals surface area contributed by atoms with E-state index in [0.29, 0.717) is 30.4 Å². The molecule has 2 N–H and O–H groups in total. The van der Waals surface area contributed by atoms with E-state index in [1.807, 2.05) is 6.92 Å². The number of anilines is 1. The lowest BCUT2D eigenvalue weighted by Gasteiger charge is -2.13. The lowest BCUT2D eigenvalue weighted by atomic mass is 10.2. The van der Waals surface area contributed by atoms with Crippen LogP contribution in [0.25, 0.3) is 5.69 Å². The van der Waals surface area contributed by atoms with Crippen LogP contribution in [0, 0.1) is 0 Å². The zero-order valence-corrected chi connectivity index (χ0v) is 13.4. The van der Waals surface area contributed by atoms with Crippen molar-refractivity contribution < 1.29 is 22.6 Å². The quantitative estimate of drug-likeness (QED) is 0.576. The van der Waals surface area contributed by atoms with E-state index in [-0.39, 0.29) is 0 Å². The van der Waals surface area contributed by atoms with Crippen molar-refractivity contribution in [3.63, 3.8) is 0 Å². The third-order valence-electron chi connectivity index (χ3n) is 2.82. The molecule has 0 saturated carbocycles. The minimum Gasteiger partial charge on any atom is -0.490 e. The summed E-state index contributed by atoms with van der Waals surface area (Å²) >= 11 is 0. The summed E-state index contributed by atoms with van der Waals surface area (Å²) < 4.78 is 48.2. The number of halogens is 3. The van der Waals surface area contributed by atoms with Gasteiger partial charge in [-0.1, -0.05) is 0 Å². The minimum atomic E-state index is -4.68. The van der Waals surface area contributed by atoms with Crippen LogP contribution in [0.4, 0.5) is 19.1 Å². The molecular weight excluding hydrogens is 343 g/mol. The van der Waals surface area contributed by atoms with Crippen LogP contribution < -0.4 is 26.0 Å². The second-order valence-corrected chi connectivity index (χ2v) is 4.58. The number of alkyl halides is 3. The molecule has 0 atom stereocenters. The highest BCUT2D eigenvalue weighted by atomic mass is 19.4. The van der Waals surface area contributed by atoms with Crippen LogP contribution in [-0.2, 0) is 0 Å². The molecule has 0 unspecified atom stereocenters. The van der Waals surface area contributed by atoms with Gasteiger partial charge in [0.15, 0.2) is 11.5 Å². The van der Waals surface area contributed by atoms with Gasteiger partial charge in [-0.15, -0.1) is 5.43 Å². The monoisotopic (exact) mass is 359 g/mol. The maximum absolute atomic E-state index is 12.1. The molecule has 0 radical (unpaired) electrons. The summed E-state index contributed by atoms with van der Waals surface area (Å²) in [6.07, 6.45) is -3.62. The van der Waals surface area contributed by atoms with Gasteiger partial charge in [-0.3, -0.25) is 9.99 Å². The van der Waals surface area contributed by atoms with Crippen molar-refractivity contribution in [1.29, 1.82) is 0 Å². The third-order valence-corrected chi connectivity index (χ3v) is 2.82. The molecule has 2 rings (SSSR count). The number of rotatable bonds is 7. The first-order valence-electron chi connectivity index (χ1n) is 7.29. The zero-order chi connectivity index (χ0) is 18.4. The van der Waals surface area contributed by atoms with E-state index in [0.717, 1.165) is 16.3 Å². The lowest BCUT2D eigenvalue weighted by molar-refractivity contribution is -0.151. The highest BCUT2D eigenvalue weighted by Crippen LogP contribution is 2.29. The molecule has 0 spiro atoms. The first kappa shape index (κ1) is 18.5. The first-order chi connectivity index (χ1) is 11.8. The zero-order valence-electron chi connectivity index (χ0n) is 13.4. The van der Waals surface area contributed by atoms with E-state index < -0.39 is 17.9 Å². The van der Waals surface area contributed by atoms with Gasteiger partial charge in [0, 0.05) is 6.07 Å². The van der Waals surface area contributed by atoms with E-state index in [4.69, 9.17) is 9.47 Å². The summed E-state index contributed by atoms with van der Waals surface area (Å²) in [7, 11) is 0. The summed E-state index contributed by atoms with van der Waals surface area (Å²) in [4.78, 5) is 19.1. The maximum Gasteiger partial charge on any atom is 0.474 e. The van der Waals surface area contributed by atoms with Crippen LogP contribution >= 0.6 is 0 Å². The van der Waals surface area contributed by atoms with Gasteiger partial charge in [0.05, 0.1) is 18.9 Å². The van der Waals surface area contributed by atoms with Gasteiger partial charge in [0.2, 0.25) is 5.95 Å². The Morgan fingerprint density at radius 2 is 1.84 bits per heavy atom. The van der Waals surface area contributed by atoms with Gasteiger partial charge in [0.1, 0.15) is 6.33 Å². The van der Waals surface area contributed by atoms with Crippen molar-refractivity contribution in [3.05, 3.63) is 35.0 Å². The Morgan fingerprint density at radius 1 is 1.16 bits per heavy atom. The molecule has 1 aromatic heterocycles. The molecule has 8 nitrogen and oxygen atoms in total. The van der Waals surface area contributed by atoms with Crippen molar-refractivity contribution in [2.45, 2.75) is 20.1 Å². The fourth-order valence-corrected chi connectivity index (χ4v) is 1.89. The van der Waals surface area contributed by atoms with Crippen molar-refractivity contribution >= 4 is 5.95 Å². The molecule has 0 fully saturated rings. The molecule has 0 aliphatic heterocycles. The number of benzene rings is 1. The number of hydrogen-bond donors (Lipinski definition) is 2. The number of nitrogens with one attached hydrogen (secondary N) is 2. The minimum absolute atomic E-state index is 0.382. The second kappa shape index (κ2) is 7.83. The van der Waals surface area contributed by atoms with Crippen LogP contribution in [0.3, 0.4) is 0 Å². The number of hydrazine groups is 1. The Bertz CT molecular complexity index is 779. The normalized spacial score (nSPS) is 11.2. The Hall–Kier alpha value is -2.82. The molecule has 0 aliphatic rings. The number of ether oxygens (including phenoxy) is 2. The summed E-state index contributed by atoms with van der Waals surface area (Å²) in [5.41, 5.74) is 2.29. The van der Waals surface area contributed by atoms with Crippen LogP contribution in [-0.4, -0.2) is 34.0 Å². The van der Waals surface area contributed by atoms with Crippen LogP contribution in [0.5, 0.6) is 11.5 Å². The van der Waals surface area contributed by atoms with Gasteiger partial charge in [0.25, 0.3) is 0 Å². The van der Waals surface area contributed by atoms with E-state index >= 15 is 0 Å². The summed E-state index contributed by atoms with van der Waals surface area (Å²) in [6, 6.07) is 4.76. The molecule has 25 heavy (non-hydrogen) atoms. The predicted molar refractivity (Wildman–Crippen MR) is 82.8 cm³/mol. The van der Waals surface area contributed by atoms with Crippen molar-refractivity contribution in [2.75, 3.05) is 18.6 Å². The van der Waals surface area contributed by atoms with Crippen molar-refractivity contribution in [3.8, 4) is 17.2 Å². The highest BCUT2D eigenvalue weighted by molar-refractivity contribution is 5.48. The van der Waals surface area contributed by atoms with Gasteiger partial charge >= 0.3 is 12.0 Å². The predicted octanol–water partition coefficient (Wildman–Crippen LogP) is 1.86. The standard InChI is InChI=1S/C14H16F3N5O3/c1-3-24-10-6-5-9(7-11(10)25-4-2)22-8-18-12(19-13(22)23)20-21-14(15,16)17/h5-8,21H,3-4H2,1-2H3,(H,19,20,23). The molecule has 0 bridgehead atoms. The molecule has 1 heterocycles. The Labute approximate surface area is 140 Å². The van der Waals surface area contributed by atoms with Gasteiger partial charge in [-0.25, -0.2) is 9.78 Å². The summed E-state index contributed by atoms with van der Waals surface area (Å²) in [5, 5.41) is 0. The Kier molecular flexibility index (Phi) is 5.80. The topological polar surface area (TPSA) is 90.3 Å². The fraction of sp³-hybridized carbons (Fsp3) is 0.357. The van der Waals surface area contributed by atoms with E-state index in [9.17, 15) is 18.0 Å². The third kappa shape index (κ3) is 5.08. The van der Waals surface area contributed by atoms with Gasteiger partial charge < -0.3 is 9.47 Å². The number of aromatic nitrogens is 3. The second-order valence-electron chi connectivity index (χ2n) is 4.58. The first-order valence-corrected chi connectivity index (χ1v) is 7.29. The smallest absolute Gasteiger partial charge is 0.474 e. The number of nitrogens with zero attached hydrogens (tertiary/aromatic N) is 3. The Balaban J connectivity index is 2.29. The van der Waals surface area contributed by atoms with Crippen LogP contribution in [0.15, 0.2) is 29.3 Å². The van der Waals surface area contributed by atoms with Crippen molar-refractivity contribution in [1.82, 2.24) is 20.0 Å². The summed E-state index contributed by atoms with van der Waals surface area (Å²) in [6.45, 7) is 4.45. The molecule has 2 aromatic rings. The van der Waals surface area contributed by atoms with E-state index in [1.165, 1.54) is 0 Å². The molecular formula is C14H16F3N5O3. The van der Waals surface area contributed by atoms with Crippen molar-refractivity contribution in [2.24, 2.45) is 0 Å². The van der Waals surface area contributed by atoms with E-state index in [1.54, 1.807) is 30.5 Å². The van der Waals surface area contributed by atoms with Crippen LogP contribution in [0.1, 0.15) is 13.8 Å². The molecule has 11 heteroatoms. The number of hydrogen-bond acceptors (Lipinski definition) is 7. The highest BCUT2D eigenvalue weighted by Gasteiger charge is 2.27. The Morgan fingerprint density at radius 3 is 2.44 bits per heavy atom. The molecule has 0 amide bonds. The average Bonchev–Trinajstić information content (AvgIpc) is 2.54. The van der Waals surface area contributed by atoms with E-state index in [2.05, 4.69) is 9.97 Å². The molecule has 1 aromatic carbocycles. The van der Waals surface area contributed by atoms with Crippen LogP contribution in [0.2, 0.25) is 0 Å². The largest absolute Gasteiger partial charge is 0.490 e. The van der Waals surface area contributed by atoms with Gasteiger partial charge in [-0.2, -0.15) is 18.2 Å². The maximum atomic E-state index is 12.1. The fourth-order valence-electron chi connectivity index (χ4n) is 1.89. The van der Waals surface area contributed by atoms with Gasteiger partial charge in [-0.05, 0) is 26.0 Å². The molecule has 136 valence electrons. The summed E-state index contributed by atoms with van der Waals surface area (Å²) in [5.74, 6) is 0.430. The molecule has 0 saturated heterocycles. The SMILES string of the molecule is CCOc1ccc(-n2cnc(NNC(F)(F)F)nc2=O)cc1OCC. The lowest BCUT2D eigenvalue weighted by Crippen LogP contribution is -2.38. The average molecular weight is 359 g/mol.